The zero-order valence-electron chi connectivity index (χ0n) is 14.8. The summed E-state index contributed by atoms with van der Waals surface area (Å²) in [6, 6.07) is 13.4. The minimum Gasteiger partial charge on any atom is -0.508 e. The van der Waals surface area contributed by atoms with Crippen molar-refractivity contribution in [3.8, 4) is 11.6 Å². The van der Waals surface area contributed by atoms with E-state index in [1.54, 1.807) is 16.7 Å². The highest BCUT2D eigenvalue weighted by molar-refractivity contribution is 5.97. The monoisotopic (exact) mass is 351 g/mol. The highest BCUT2D eigenvalue weighted by Gasteiger charge is 2.17. The summed E-state index contributed by atoms with van der Waals surface area (Å²) in [5.41, 5.74) is 1.36. The van der Waals surface area contributed by atoms with Crippen LogP contribution in [0.1, 0.15) is 30.6 Å². The molecule has 0 fully saturated rings. The molecule has 26 heavy (non-hydrogen) atoms. The maximum atomic E-state index is 12.2. The van der Waals surface area contributed by atoms with Gasteiger partial charge in [-0.2, -0.15) is 0 Å². The Labute approximate surface area is 151 Å². The number of aromatic nitrogens is 1. The highest BCUT2D eigenvalue weighted by Crippen LogP contribution is 2.39. The molecule has 0 saturated carbocycles. The molecule has 3 rings (SSSR count). The minimum atomic E-state index is -0.584. The van der Waals surface area contributed by atoms with Gasteiger partial charge in [0.15, 0.2) is 5.69 Å². The average Bonchev–Trinajstić information content (AvgIpc) is 2.89. The van der Waals surface area contributed by atoms with E-state index in [0.29, 0.717) is 12.5 Å². The van der Waals surface area contributed by atoms with Crippen LogP contribution in [0.2, 0.25) is 0 Å². The number of phenolic OH excluding ortho intramolecular Hbond substituents is 1. The molecule has 0 aliphatic carbocycles. The van der Waals surface area contributed by atoms with Crippen LogP contribution in [0, 0.1) is 5.92 Å². The highest BCUT2D eigenvalue weighted by atomic mass is 16.3. The van der Waals surface area contributed by atoms with E-state index in [-0.39, 0.29) is 22.9 Å². The first-order chi connectivity index (χ1) is 12.5. The molecule has 6 heteroatoms. The third-order valence-corrected chi connectivity index (χ3v) is 4.18. The fourth-order valence-corrected chi connectivity index (χ4v) is 2.78. The molecule has 134 valence electrons. The average molecular weight is 351 g/mol. The fraction of sp³-hybridized carbons (Fsp3) is 0.250. The predicted molar refractivity (Wildman–Crippen MR) is 100 cm³/mol. The van der Waals surface area contributed by atoms with Gasteiger partial charge in [0.1, 0.15) is 5.75 Å². The van der Waals surface area contributed by atoms with E-state index < -0.39 is 5.91 Å². The lowest BCUT2D eigenvalue weighted by Gasteiger charge is -2.08. The van der Waals surface area contributed by atoms with Crippen molar-refractivity contribution in [1.29, 1.82) is 0 Å². The number of para-hydroxylation sites is 1. The maximum Gasteiger partial charge on any atom is 0.295 e. The summed E-state index contributed by atoms with van der Waals surface area (Å²) >= 11 is 0. The third-order valence-electron chi connectivity index (χ3n) is 4.18. The second-order valence-electron chi connectivity index (χ2n) is 6.58. The summed E-state index contributed by atoms with van der Waals surface area (Å²) in [7, 11) is 0. The van der Waals surface area contributed by atoms with E-state index in [2.05, 4.69) is 24.1 Å². The van der Waals surface area contributed by atoms with E-state index >= 15 is 0 Å². The van der Waals surface area contributed by atoms with Crippen LogP contribution in [-0.2, 0) is 6.54 Å². The molecule has 0 unspecified atom stereocenters. The summed E-state index contributed by atoms with van der Waals surface area (Å²) in [6.45, 7) is 4.90. The van der Waals surface area contributed by atoms with Crippen LogP contribution in [0.25, 0.3) is 10.9 Å². The van der Waals surface area contributed by atoms with Gasteiger partial charge in [0, 0.05) is 17.5 Å². The topological polar surface area (TPSA) is 87.2 Å². The van der Waals surface area contributed by atoms with Gasteiger partial charge in [-0.1, -0.05) is 38.1 Å². The normalized spacial score (nSPS) is 11.7. The Morgan fingerprint density at radius 1 is 1.12 bits per heavy atom. The van der Waals surface area contributed by atoms with Crippen LogP contribution >= 0.6 is 0 Å². The van der Waals surface area contributed by atoms with E-state index in [9.17, 15) is 15.0 Å². The molecule has 6 nitrogen and oxygen atoms in total. The van der Waals surface area contributed by atoms with Gasteiger partial charge in [-0.05, 0) is 36.6 Å². The summed E-state index contributed by atoms with van der Waals surface area (Å²) in [5, 5.41) is 28.6. The first kappa shape index (κ1) is 17.7. The summed E-state index contributed by atoms with van der Waals surface area (Å²) in [5.74, 6) is -0.106. The number of amides is 1. The fourth-order valence-electron chi connectivity index (χ4n) is 2.78. The number of nitrogens with zero attached hydrogens (tertiary/aromatic N) is 3. The summed E-state index contributed by atoms with van der Waals surface area (Å²) < 4.78 is 1.79. The van der Waals surface area contributed by atoms with Gasteiger partial charge in [0.05, 0.1) is 5.52 Å². The summed E-state index contributed by atoms with van der Waals surface area (Å²) in [6.07, 6.45) is 0.908. The summed E-state index contributed by atoms with van der Waals surface area (Å²) in [4.78, 5) is 12.2. The SMILES string of the molecule is CC(C)CCn1c(O)c(N=NC(=O)c2cccc(O)c2)c2ccccc21. The van der Waals surface area contributed by atoms with Crippen molar-refractivity contribution < 1.29 is 15.0 Å². The second-order valence-corrected chi connectivity index (χ2v) is 6.58. The van der Waals surface area contributed by atoms with E-state index in [1.165, 1.54) is 12.1 Å². The van der Waals surface area contributed by atoms with Crippen LogP contribution in [0.5, 0.6) is 11.6 Å². The maximum absolute atomic E-state index is 12.2. The molecule has 0 spiro atoms. The molecule has 0 aliphatic heterocycles. The number of aryl methyl sites for hydroxylation is 1. The number of hydrogen-bond acceptors (Lipinski definition) is 4. The number of carbonyl (C=O) groups excluding carboxylic acids is 1. The molecule has 1 aromatic heterocycles. The van der Waals surface area contributed by atoms with Gasteiger partial charge >= 0.3 is 0 Å². The number of carbonyl (C=O) groups is 1. The number of hydrogen-bond donors (Lipinski definition) is 2. The van der Waals surface area contributed by atoms with Gasteiger partial charge in [0.25, 0.3) is 5.91 Å². The quantitative estimate of drug-likeness (QED) is 0.633. The molecule has 0 aliphatic rings. The first-order valence-electron chi connectivity index (χ1n) is 8.52. The van der Waals surface area contributed by atoms with Gasteiger partial charge in [-0.15, -0.1) is 10.2 Å². The van der Waals surface area contributed by atoms with E-state index in [1.807, 2.05) is 24.3 Å². The number of fused-ring (bicyclic) bond motifs is 1. The van der Waals surface area contributed by atoms with Crippen LogP contribution in [0.15, 0.2) is 58.8 Å². The van der Waals surface area contributed by atoms with Crippen LogP contribution < -0.4 is 0 Å². The molecule has 0 saturated heterocycles. The predicted octanol–water partition coefficient (Wildman–Crippen LogP) is 5.02. The Hall–Kier alpha value is -3.15. The van der Waals surface area contributed by atoms with Crippen molar-refractivity contribution in [1.82, 2.24) is 4.57 Å². The Balaban J connectivity index is 1.97. The van der Waals surface area contributed by atoms with Crippen molar-refractivity contribution in [3.05, 3.63) is 54.1 Å². The van der Waals surface area contributed by atoms with Crippen molar-refractivity contribution in [2.75, 3.05) is 0 Å². The molecular formula is C20H21N3O3. The number of azo groups is 1. The molecule has 3 aromatic rings. The molecule has 2 N–H and O–H groups in total. The van der Waals surface area contributed by atoms with Gasteiger partial charge in [-0.3, -0.25) is 4.79 Å². The van der Waals surface area contributed by atoms with Crippen LogP contribution in [0.3, 0.4) is 0 Å². The van der Waals surface area contributed by atoms with Crippen molar-refractivity contribution in [3.63, 3.8) is 0 Å². The second kappa shape index (κ2) is 7.39. The Bertz CT molecular complexity index is 974. The smallest absolute Gasteiger partial charge is 0.295 e. The van der Waals surface area contributed by atoms with E-state index in [4.69, 9.17) is 0 Å². The number of benzene rings is 2. The lowest BCUT2D eigenvalue weighted by atomic mass is 10.1. The van der Waals surface area contributed by atoms with Gasteiger partial charge in [-0.25, -0.2) is 0 Å². The Morgan fingerprint density at radius 2 is 1.88 bits per heavy atom. The third kappa shape index (κ3) is 3.59. The van der Waals surface area contributed by atoms with Crippen LogP contribution in [0.4, 0.5) is 5.69 Å². The standard InChI is InChI=1S/C20H21N3O3/c1-13(2)10-11-23-17-9-4-3-8-16(17)18(20(23)26)21-22-19(25)14-6-5-7-15(24)12-14/h3-9,12-13,24,26H,10-11H2,1-2H3. The molecular weight excluding hydrogens is 330 g/mol. The minimum absolute atomic E-state index is 0.000640. The number of phenols is 1. The van der Waals surface area contributed by atoms with Crippen molar-refractivity contribution in [2.45, 2.75) is 26.8 Å². The number of aromatic hydroxyl groups is 2. The molecule has 0 bridgehead atoms. The molecule has 0 radical (unpaired) electrons. The van der Waals surface area contributed by atoms with E-state index in [0.717, 1.165) is 17.3 Å². The van der Waals surface area contributed by atoms with Crippen molar-refractivity contribution >= 4 is 22.5 Å². The number of rotatable bonds is 5. The Morgan fingerprint density at radius 3 is 2.62 bits per heavy atom. The zero-order valence-corrected chi connectivity index (χ0v) is 14.8. The largest absolute Gasteiger partial charge is 0.508 e. The first-order valence-corrected chi connectivity index (χ1v) is 8.52. The zero-order chi connectivity index (χ0) is 18.7. The molecule has 1 heterocycles. The Kier molecular flexibility index (Phi) is 5.02. The molecule has 1 amide bonds. The van der Waals surface area contributed by atoms with Gasteiger partial charge < -0.3 is 14.8 Å². The van der Waals surface area contributed by atoms with Crippen molar-refractivity contribution in [2.24, 2.45) is 16.1 Å². The lowest BCUT2D eigenvalue weighted by molar-refractivity contribution is 0.0994. The lowest BCUT2D eigenvalue weighted by Crippen LogP contribution is -2.00. The van der Waals surface area contributed by atoms with Gasteiger partial charge in [0.2, 0.25) is 5.88 Å². The molecule has 2 aromatic carbocycles. The van der Waals surface area contributed by atoms with Crippen LogP contribution in [-0.4, -0.2) is 20.7 Å². The molecule has 0 atom stereocenters.